The highest BCUT2D eigenvalue weighted by atomic mass is 16.5. The number of rotatable bonds is 3. The third-order valence-corrected chi connectivity index (χ3v) is 4.16. The van der Waals surface area contributed by atoms with Gasteiger partial charge in [0, 0.05) is 19.4 Å². The van der Waals surface area contributed by atoms with Gasteiger partial charge in [-0.05, 0) is 38.5 Å². The molecule has 0 N–H and O–H groups in total. The van der Waals surface area contributed by atoms with Crippen LogP contribution in [0.2, 0.25) is 0 Å². The molecule has 3 heteroatoms. The van der Waals surface area contributed by atoms with Gasteiger partial charge in [-0.25, -0.2) is 0 Å². The molecule has 1 aliphatic carbocycles. The van der Waals surface area contributed by atoms with E-state index in [-0.39, 0.29) is 0 Å². The number of hydrogen-bond acceptors (Lipinski definition) is 3. The zero-order valence-corrected chi connectivity index (χ0v) is 11.9. The lowest BCUT2D eigenvalue weighted by Gasteiger charge is -2.22. The first-order valence-electron chi connectivity index (χ1n) is 7.72. The summed E-state index contributed by atoms with van der Waals surface area (Å²) in [6, 6.07) is 0.523. The van der Waals surface area contributed by atoms with E-state index < -0.39 is 0 Å². The van der Waals surface area contributed by atoms with E-state index in [4.69, 9.17) is 9.84 Å². The van der Waals surface area contributed by atoms with Crippen molar-refractivity contribution >= 4 is 5.71 Å². The van der Waals surface area contributed by atoms with Gasteiger partial charge >= 0.3 is 0 Å². The fraction of sp³-hybridized carbons (Fsp3) is 0.933. The number of methoxy groups -OCH3 is 1. The second-order valence-electron chi connectivity index (χ2n) is 5.70. The summed E-state index contributed by atoms with van der Waals surface area (Å²) in [6.45, 7) is 1.95. The second-order valence-corrected chi connectivity index (χ2v) is 5.70. The van der Waals surface area contributed by atoms with Crippen LogP contribution in [0, 0.1) is 0 Å². The molecule has 2 aliphatic rings. The summed E-state index contributed by atoms with van der Waals surface area (Å²) >= 11 is 0. The average molecular weight is 252 g/mol. The monoisotopic (exact) mass is 252 g/mol. The highest BCUT2D eigenvalue weighted by Gasteiger charge is 2.23. The Morgan fingerprint density at radius 1 is 1.06 bits per heavy atom. The van der Waals surface area contributed by atoms with Crippen molar-refractivity contribution < 1.29 is 4.74 Å². The Morgan fingerprint density at radius 2 is 1.72 bits per heavy atom. The summed E-state index contributed by atoms with van der Waals surface area (Å²) in [4.78, 5) is 0. The predicted molar refractivity (Wildman–Crippen MR) is 76.0 cm³/mol. The van der Waals surface area contributed by atoms with E-state index >= 15 is 0 Å². The molecule has 1 saturated heterocycles. The minimum absolute atomic E-state index is 0.523. The maximum atomic E-state index is 5.30. The van der Waals surface area contributed by atoms with Crippen LogP contribution in [0.5, 0.6) is 0 Å². The molecule has 3 nitrogen and oxygen atoms in total. The Balaban J connectivity index is 1.91. The third kappa shape index (κ3) is 4.27. The minimum atomic E-state index is 0.523. The molecule has 104 valence electrons. The largest absolute Gasteiger partial charge is 0.382 e. The maximum Gasteiger partial charge on any atom is 0.0704 e. The van der Waals surface area contributed by atoms with Crippen LogP contribution in [0.4, 0.5) is 0 Å². The molecule has 0 aromatic heterocycles. The summed E-state index contributed by atoms with van der Waals surface area (Å²) < 4.78 is 5.30. The smallest absolute Gasteiger partial charge is 0.0704 e. The molecule has 0 aromatic carbocycles. The van der Waals surface area contributed by atoms with E-state index in [1.807, 2.05) is 0 Å². The molecule has 0 unspecified atom stereocenters. The molecule has 0 spiro atoms. The summed E-state index contributed by atoms with van der Waals surface area (Å²) in [7, 11) is 1.80. The SMILES string of the molecule is COC[C@@H]1CCCN1N=C1CCCCCCCC1. The Morgan fingerprint density at radius 3 is 2.39 bits per heavy atom. The summed E-state index contributed by atoms with van der Waals surface area (Å²) in [5, 5.41) is 7.25. The zero-order valence-electron chi connectivity index (χ0n) is 11.9. The Hall–Kier alpha value is -0.570. The molecule has 1 atom stereocenters. The molecular formula is C15H28N2O. The van der Waals surface area contributed by atoms with Crippen molar-refractivity contribution in [2.75, 3.05) is 20.3 Å². The van der Waals surface area contributed by atoms with Crippen molar-refractivity contribution in [1.29, 1.82) is 0 Å². The summed E-state index contributed by atoms with van der Waals surface area (Å²) in [5.41, 5.74) is 1.44. The highest BCUT2D eigenvalue weighted by molar-refractivity contribution is 5.84. The lowest BCUT2D eigenvalue weighted by Crippen LogP contribution is -2.29. The van der Waals surface area contributed by atoms with Gasteiger partial charge in [0.1, 0.15) is 0 Å². The molecule has 18 heavy (non-hydrogen) atoms. The molecule has 0 aromatic rings. The van der Waals surface area contributed by atoms with Crippen LogP contribution in [-0.2, 0) is 4.74 Å². The van der Waals surface area contributed by atoms with Crippen LogP contribution in [-0.4, -0.2) is 37.0 Å². The summed E-state index contributed by atoms with van der Waals surface area (Å²) in [6.07, 6.45) is 13.2. The number of nitrogens with zero attached hydrogens (tertiary/aromatic N) is 2. The van der Waals surface area contributed by atoms with Gasteiger partial charge in [0.15, 0.2) is 0 Å². The van der Waals surface area contributed by atoms with E-state index in [9.17, 15) is 0 Å². The van der Waals surface area contributed by atoms with Gasteiger partial charge in [-0.15, -0.1) is 0 Å². The topological polar surface area (TPSA) is 24.8 Å². The average Bonchev–Trinajstić information content (AvgIpc) is 2.83. The normalized spacial score (nSPS) is 26.6. The summed E-state index contributed by atoms with van der Waals surface area (Å²) in [5.74, 6) is 0. The maximum absolute atomic E-state index is 5.30. The third-order valence-electron chi connectivity index (χ3n) is 4.16. The van der Waals surface area contributed by atoms with E-state index in [0.29, 0.717) is 6.04 Å². The van der Waals surface area contributed by atoms with Crippen molar-refractivity contribution in [3.8, 4) is 0 Å². The molecule has 1 heterocycles. The van der Waals surface area contributed by atoms with Gasteiger partial charge in [0.2, 0.25) is 0 Å². The zero-order chi connectivity index (χ0) is 12.6. The molecule has 1 saturated carbocycles. The Kier molecular flexibility index (Phi) is 5.98. The molecule has 0 amide bonds. The molecule has 1 aliphatic heterocycles. The minimum Gasteiger partial charge on any atom is -0.382 e. The quantitative estimate of drug-likeness (QED) is 0.767. The lowest BCUT2D eigenvalue weighted by molar-refractivity contribution is 0.117. The number of ether oxygens (including phenoxy) is 1. The van der Waals surface area contributed by atoms with Gasteiger partial charge in [-0.2, -0.15) is 5.10 Å². The second kappa shape index (κ2) is 7.78. The highest BCUT2D eigenvalue weighted by Crippen LogP contribution is 2.20. The van der Waals surface area contributed by atoms with E-state index in [0.717, 1.165) is 13.2 Å². The fourth-order valence-corrected chi connectivity index (χ4v) is 3.09. The molecule has 2 rings (SSSR count). The van der Waals surface area contributed by atoms with Crippen molar-refractivity contribution in [2.45, 2.75) is 70.3 Å². The van der Waals surface area contributed by atoms with Crippen molar-refractivity contribution in [1.82, 2.24) is 5.01 Å². The van der Waals surface area contributed by atoms with Crippen LogP contribution in [0.25, 0.3) is 0 Å². The molecule has 0 radical (unpaired) electrons. The standard InChI is InChI=1S/C15H28N2O/c1-18-13-15-11-8-12-17(15)16-14-9-6-4-2-3-5-7-10-14/h15H,2-13H2,1H3/t15-/m0/s1. The van der Waals surface area contributed by atoms with Gasteiger partial charge in [-0.3, -0.25) is 5.01 Å². The fourth-order valence-electron chi connectivity index (χ4n) is 3.09. The van der Waals surface area contributed by atoms with Crippen LogP contribution in [0.15, 0.2) is 5.10 Å². The van der Waals surface area contributed by atoms with Crippen molar-refractivity contribution in [2.24, 2.45) is 5.10 Å². The van der Waals surface area contributed by atoms with E-state index in [1.54, 1.807) is 7.11 Å². The van der Waals surface area contributed by atoms with Gasteiger partial charge in [-0.1, -0.05) is 25.7 Å². The Bertz CT molecular complexity index is 253. The van der Waals surface area contributed by atoms with E-state index in [1.165, 1.54) is 69.9 Å². The van der Waals surface area contributed by atoms with Crippen molar-refractivity contribution in [3.05, 3.63) is 0 Å². The van der Waals surface area contributed by atoms with Crippen LogP contribution < -0.4 is 0 Å². The first-order chi connectivity index (χ1) is 8.90. The van der Waals surface area contributed by atoms with Gasteiger partial charge in [0.05, 0.1) is 12.6 Å². The number of hydrogen-bond donors (Lipinski definition) is 0. The van der Waals surface area contributed by atoms with Crippen LogP contribution in [0.3, 0.4) is 0 Å². The van der Waals surface area contributed by atoms with Crippen molar-refractivity contribution in [3.63, 3.8) is 0 Å². The first kappa shape index (κ1) is 13.9. The van der Waals surface area contributed by atoms with E-state index in [2.05, 4.69) is 5.01 Å². The molecule has 2 fully saturated rings. The van der Waals surface area contributed by atoms with Crippen LogP contribution >= 0.6 is 0 Å². The first-order valence-corrected chi connectivity index (χ1v) is 7.72. The number of hydrazone groups is 1. The van der Waals surface area contributed by atoms with Gasteiger partial charge in [0.25, 0.3) is 0 Å². The van der Waals surface area contributed by atoms with Crippen LogP contribution in [0.1, 0.15) is 64.2 Å². The Labute approximate surface area is 112 Å². The van der Waals surface area contributed by atoms with Gasteiger partial charge < -0.3 is 4.74 Å². The molecule has 0 bridgehead atoms. The molecular weight excluding hydrogens is 224 g/mol. The lowest BCUT2D eigenvalue weighted by atomic mass is 10.1. The predicted octanol–water partition coefficient (Wildman–Crippen LogP) is 3.59.